The molecule has 4 nitrogen and oxygen atoms in total. The van der Waals surface area contributed by atoms with Gasteiger partial charge in [-0.1, -0.05) is 25.4 Å². The Balaban J connectivity index is 1.71. The second-order valence-electron chi connectivity index (χ2n) is 5.58. The molecule has 1 aromatic rings. The second kappa shape index (κ2) is 7.81. The Kier molecular flexibility index (Phi) is 6.07. The van der Waals surface area contributed by atoms with E-state index in [-0.39, 0.29) is 0 Å². The highest BCUT2D eigenvalue weighted by molar-refractivity contribution is 6.33. The second-order valence-corrected chi connectivity index (χ2v) is 5.98. The summed E-state index contributed by atoms with van der Waals surface area (Å²) in [6.07, 6.45) is 3.45. The summed E-state index contributed by atoms with van der Waals surface area (Å²) in [5.41, 5.74) is 0.976. The Labute approximate surface area is 127 Å². The lowest BCUT2D eigenvalue weighted by Gasteiger charge is -2.35. The van der Waals surface area contributed by atoms with Crippen LogP contribution >= 0.6 is 11.6 Å². The quantitative estimate of drug-likeness (QED) is 0.874. The van der Waals surface area contributed by atoms with Crippen molar-refractivity contribution in [3.63, 3.8) is 0 Å². The number of anilines is 1. The maximum Gasteiger partial charge on any atom is 0.0820 e. The van der Waals surface area contributed by atoms with E-state index >= 15 is 0 Å². The highest BCUT2D eigenvalue weighted by Gasteiger charge is 2.17. The van der Waals surface area contributed by atoms with E-state index < -0.39 is 0 Å². The summed E-state index contributed by atoms with van der Waals surface area (Å²) in [5.74, 6) is 0.604. The molecule has 0 spiro atoms. The smallest absolute Gasteiger partial charge is 0.0820 e. The lowest BCUT2D eigenvalue weighted by Crippen LogP contribution is -2.47. The van der Waals surface area contributed by atoms with Crippen molar-refractivity contribution in [1.82, 2.24) is 14.8 Å². The number of pyridine rings is 1. The van der Waals surface area contributed by atoms with Crippen molar-refractivity contribution < 1.29 is 0 Å². The van der Waals surface area contributed by atoms with Crippen LogP contribution < -0.4 is 5.32 Å². The van der Waals surface area contributed by atoms with E-state index in [4.69, 9.17) is 11.6 Å². The van der Waals surface area contributed by atoms with Crippen LogP contribution in [0, 0.1) is 5.92 Å². The molecule has 2 heterocycles. The van der Waals surface area contributed by atoms with Crippen molar-refractivity contribution >= 4 is 17.3 Å². The topological polar surface area (TPSA) is 31.4 Å². The van der Waals surface area contributed by atoms with Crippen LogP contribution in [0.1, 0.15) is 13.8 Å². The van der Waals surface area contributed by atoms with Crippen LogP contribution in [0.5, 0.6) is 0 Å². The standard InChI is InChI=1S/C15H25ClN4/c1-3-19-6-8-20(9-7-19)12-13(2)10-18-15-4-5-17-11-14(15)16/h4-5,11,13H,3,6-10,12H2,1-2H3,(H,17,18). The van der Waals surface area contributed by atoms with Gasteiger partial charge in [-0.05, 0) is 18.5 Å². The van der Waals surface area contributed by atoms with E-state index in [1.165, 1.54) is 32.7 Å². The lowest BCUT2D eigenvalue weighted by atomic mass is 10.1. The molecule has 2 rings (SSSR count). The third kappa shape index (κ3) is 4.62. The first-order valence-electron chi connectivity index (χ1n) is 7.47. The van der Waals surface area contributed by atoms with Crippen LogP contribution in [0.25, 0.3) is 0 Å². The number of hydrogen-bond donors (Lipinski definition) is 1. The third-order valence-corrected chi connectivity index (χ3v) is 4.20. The van der Waals surface area contributed by atoms with Crippen LogP contribution in [0.2, 0.25) is 5.02 Å². The first kappa shape index (κ1) is 15.5. The fourth-order valence-corrected chi connectivity index (χ4v) is 2.78. The molecule has 1 aliphatic rings. The van der Waals surface area contributed by atoms with Crippen molar-refractivity contribution in [1.29, 1.82) is 0 Å². The van der Waals surface area contributed by atoms with Gasteiger partial charge in [-0.15, -0.1) is 0 Å². The molecule has 20 heavy (non-hydrogen) atoms. The normalized spacial score (nSPS) is 18.9. The number of likely N-dealkylation sites (N-methyl/N-ethyl adjacent to an activating group) is 1. The zero-order valence-electron chi connectivity index (χ0n) is 12.5. The van der Waals surface area contributed by atoms with Gasteiger partial charge in [-0.25, -0.2) is 0 Å². The van der Waals surface area contributed by atoms with E-state index in [1.807, 2.05) is 6.07 Å². The molecule has 1 aliphatic heterocycles. The highest BCUT2D eigenvalue weighted by atomic mass is 35.5. The van der Waals surface area contributed by atoms with Crippen molar-refractivity contribution in [3.05, 3.63) is 23.5 Å². The summed E-state index contributed by atoms with van der Waals surface area (Å²) in [6, 6.07) is 1.93. The van der Waals surface area contributed by atoms with Gasteiger partial charge in [0, 0.05) is 51.7 Å². The summed E-state index contributed by atoms with van der Waals surface area (Å²) in [4.78, 5) is 9.07. The molecule has 0 aromatic carbocycles. The Morgan fingerprint density at radius 2 is 2.00 bits per heavy atom. The molecule has 1 atom stereocenters. The fourth-order valence-electron chi connectivity index (χ4n) is 2.60. The number of rotatable bonds is 6. The highest BCUT2D eigenvalue weighted by Crippen LogP contribution is 2.19. The van der Waals surface area contributed by atoms with E-state index in [2.05, 4.69) is 33.9 Å². The number of hydrogen-bond acceptors (Lipinski definition) is 4. The molecule has 1 N–H and O–H groups in total. The van der Waals surface area contributed by atoms with Gasteiger partial charge in [0.25, 0.3) is 0 Å². The SMILES string of the molecule is CCN1CCN(CC(C)CNc2ccncc2Cl)CC1. The van der Waals surface area contributed by atoms with Crippen LogP contribution in [0.3, 0.4) is 0 Å². The Morgan fingerprint density at radius 3 is 2.65 bits per heavy atom. The molecule has 0 saturated carbocycles. The fraction of sp³-hybridized carbons (Fsp3) is 0.667. The molecule has 0 bridgehead atoms. The first-order valence-corrected chi connectivity index (χ1v) is 7.85. The van der Waals surface area contributed by atoms with E-state index in [0.717, 1.165) is 18.8 Å². The van der Waals surface area contributed by atoms with Gasteiger partial charge in [-0.3, -0.25) is 4.98 Å². The average Bonchev–Trinajstić information content (AvgIpc) is 2.47. The summed E-state index contributed by atoms with van der Waals surface area (Å²) >= 11 is 6.09. The molecule has 0 amide bonds. The number of halogens is 1. The van der Waals surface area contributed by atoms with Gasteiger partial charge >= 0.3 is 0 Å². The van der Waals surface area contributed by atoms with Crippen LogP contribution in [-0.4, -0.2) is 60.6 Å². The van der Waals surface area contributed by atoms with E-state index in [9.17, 15) is 0 Å². The number of nitrogens with one attached hydrogen (secondary N) is 1. The monoisotopic (exact) mass is 296 g/mol. The number of aromatic nitrogens is 1. The average molecular weight is 297 g/mol. The molecule has 0 radical (unpaired) electrons. The van der Waals surface area contributed by atoms with Gasteiger partial charge in [0.05, 0.1) is 10.7 Å². The summed E-state index contributed by atoms with van der Waals surface area (Å²) < 4.78 is 0. The zero-order valence-corrected chi connectivity index (χ0v) is 13.2. The Bertz CT molecular complexity index is 405. The van der Waals surface area contributed by atoms with Crippen LogP contribution in [0.15, 0.2) is 18.5 Å². The lowest BCUT2D eigenvalue weighted by molar-refractivity contribution is 0.126. The van der Waals surface area contributed by atoms with Crippen LogP contribution in [-0.2, 0) is 0 Å². The third-order valence-electron chi connectivity index (χ3n) is 3.90. The van der Waals surface area contributed by atoms with Crippen molar-refractivity contribution in [2.45, 2.75) is 13.8 Å². The minimum atomic E-state index is 0.604. The summed E-state index contributed by atoms with van der Waals surface area (Å²) in [6.45, 7) is 12.6. The van der Waals surface area contributed by atoms with Crippen molar-refractivity contribution in [2.75, 3.05) is 51.1 Å². The Hall–Kier alpha value is -0.840. The molecule has 1 aromatic heterocycles. The molecular weight excluding hydrogens is 272 g/mol. The predicted molar refractivity (Wildman–Crippen MR) is 85.5 cm³/mol. The van der Waals surface area contributed by atoms with Gasteiger partial charge in [0.15, 0.2) is 0 Å². The zero-order chi connectivity index (χ0) is 14.4. The van der Waals surface area contributed by atoms with Crippen molar-refractivity contribution in [3.8, 4) is 0 Å². The molecule has 1 unspecified atom stereocenters. The van der Waals surface area contributed by atoms with Gasteiger partial charge in [0.2, 0.25) is 0 Å². The number of nitrogens with zero attached hydrogens (tertiary/aromatic N) is 3. The molecule has 0 aliphatic carbocycles. The van der Waals surface area contributed by atoms with Crippen molar-refractivity contribution in [2.24, 2.45) is 5.92 Å². The minimum absolute atomic E-state index is 0.604. The van der Waals surface area contributed by atoms with Gasteiger partial charge in [0.1, 0.15) is 0 Å². The summed E-state index contributed by atoms with van der Waals surface area (Å²) in [7, 11) is 0. The molecule has 1 saturated heterocycles. The molecule has 112 valence electrons. The number of piperazine rings is 1. The summed E-state index contributed by atoms with van der Waals surface area (Å²) in [5, 5.41) is 4.10. The van der Waals surface area contributed by atoms with E-state index in [0.29, 0.717) is 10.9 Å². The maximum absolute atomic E-state index is 6.09. The largest absolute Gasteiger partial charge is 0.383 e. The Morgan fingerprint density at radius 1 is 1.30 bits per heavy atom. The first-order chi connectivity index (χ1) is 9.69. The maximum atomic E-state index is 6.09. The van der Waals surface area contributed by atoms with Gasteiger partial charge < -0.3 is 15.1 Å². The minimum Gasteiger partial charge on any atom is -0.383 e. The molecule has 1 fully saturated rings. The predicted octanol–water partition coefficient (Wildman–Crippen LogP) is 2.42. The van der Waals surface area contributed by atoms with Crippen LogP contribution in [0.4, 0.5) is 5.69 Å². The van der Waals surface area contributed by atoms with E-state index in [1.54, 1.807) is 12.4 Å². The van der Waals surface area contributed by atoms with Gasteiger partial charge in [-0.2, -0.15) is 0 Å². The molecule has 5 heteroatoms. The molecular formula is C15H25ClN4.